The van der Waals surface area contributed by atoms with E-state index >= 15 is 0 Å². The van der Waals surface area contributed by atoms with Crippen molar-refractivity contribution < 1.29 is 12.8 Å². The first-order chi connectivity index (χ1) is 10.6. The topological polar surface area (TPSA) is 46.2 Å². The number of rotatable bonds is 5. The Morgan fingerprint density at radius 3 is 2.23 bits per heavy atom. The Morgan fingerprint density at radius 1 is 0.955 bits per heavy atom. The van der Waals surface area contributed by atoms with Crippen molar-refractivity contribution in [2.75, 3.05) is 0 Å². The van der Waals surface area contributed by atoms with Gasteiger partial charge in [-0.1, -0.05) is 24.3 Å². The molecule has 0 saturated heterocycles. The monoisotopic (exact) mass is 353 g/mol. The number of hydrogen-bond donors (Lipinski definition) is 1. The van der Waals surface area contributed by atoms with E-state index in [1.165, 1.54) is 23.5 Å². The van der Waals surface area contributed by atoms with Crippen LogP contribution in [0.25, 0.3) is 0 Å². The van der Waals surface area contributed by atoms with Crippen molar-refractivity contribution >= 4 is 32.7 Å². The molecule has 1 unspecified atom stereocenters. The Balaban J connectivity index is 1.98. The van der Waals surface area contributed by atoms with Crippen LogP contribution in [0.2, 0.25) is 0 Å². The summed E-state index contributed by atoms with van der Waals surface area (Å²) < 4.78 is 41.0. The number of thiophene rings is 2. The number of hydrogen-bond acceptors (Lipinski definition) is 4. The zero-order valence-corrected chi connectivity index (χ0v) is 13.7. The molecule has 1 N–H and O–H groups in total. The van der Waals surface area contributed by atoms with Crippen LogP contribution in [0.3, 0.4) is 0 Å². The zero-order valence-electron chi connectivity index (χ0n) is 11.3. The lowest BCUT2D eigenvalue weighted by Crippen LogP contribution is -2.28. The molecule has 0 aliphatic rings. The van der Waals surface area contributed by atoms with Crippen LogP contribution in [0.1, 0.15) is 16.5 Å². The summed E-state index contributed by atoms with van der Waals surface area (Å²) in [7, 11) is -3.62. The average molecular weight is 353 g/mol. The molecule has 1 aromatic carbocycles. The number of nitrogens with one attached hydrogen (secondary N) is 1. The molecular formula is C15H12FNO2S3. The minimum absolute atomic E-state index is 0.260. The highest BCUT2D eigenvalue weighted by Crippen LogP contribution is 2.29. The second kappa shape index (κ2) is 6.29. The molecule has 0 saturated carbocycles. The SMILES string of the molecule is O=S(=O)(NC(c1ccc(F)cc1)c1cccs1)c1cccs1. The summed E-state index contributed by atoms with van der Waals surface area (Å²) in [6, 6.07) is 12.3. The Bertz CT molecular complexity index is 826. The van der Waals surface area contributed by atoms with Gasteiger partial charge >= 0.3 is 0 Å². The van der Waals surface area contributed by atoms with Gasteiger partial charge in [0.05, 0.1) is 6.04 Å². The molecule has 3 aromatic rings. The van der Waals surface area contributed by atoms with Gasteiger partial charge in [-0.2, -0.15) is 4.72 Å². The fraction of sp³-hybridized carbons (Fsp3) is 0.0667. The van der Waals surface area contributed by atoms with Crippen LogP contribution in [0.4, 0.5) is 4.39 Å². The molecule has 0 aliphatic carbocycles. The van der Waals surface area contributed by atoms with Crippen LogP contribution < -0.4 is 4.72 Å². The van der Waals surface area contributed by atoms with Gasteiger partial charge in [-0.3, -0.25) is 0 Å². The van der Waals surface area contributed by atoms with Gasteiger partial charge in [-0.05, 0) is 40.6 Å². The van der Waals surface area contributed by atoms with E-state index in [2.05, 4.69) is 4.72 Å². The molecule has 0 spiro atoms. The lowest BCUT2D eigenvalue weighted by molar-refractivity contribution is 0.575. The van der Waals surface area contributed by atoms with Gasteiger partial charge in [-0.25, -0.2) is 12.8 Å². The zero-order chi connectivity index (χ0) is 15.6. The van der Waals surface area contributed by atoms with E-state index < -0.39 is 16.1 Å². The van der Waals surface area contributed by atoms with Gasteiger partial charge in [0.1, 0.15) is 10.0 Å². The first-order valence-corrected chi connectivity index (χ1v) is 9.65. The molecule has 3 rings (SSSR count). The van der Waals surface area contributed by atoms with Gasteiger partial charge < -0.3 is 0 Å². The lowest BCUT2D eigenvalue weighted by Gasteiger charge is -2.17. The van der Waals surface area contributed by atoms with Crippen LogP contribution in [0, 0.1) is 5.82 Å². The fourth-order valence-corrected chi connectivity index (χ4v) is 5.12. The van der Waals surface area contributed by atoms with E-state index in [4.69, 9.17) is 0 Å². The van der Waals surface area contributed by atoms with E-state index in [-0.39, 0.29) is 10.0 Å². The van der Waals surface area contributed by atoms with Crippen molar-refractivity contribution in [1.82, 2.24) is 4.72 Å². The molecule has 22 heavy (non-hydrogen) atoms. The smallest absolute Gasteiger partial charge is 0.207 e. The highest BCUT2D eigenvalue weighted by atomic mass is 32.2. The third-order valence-corrected chi connectivity index (χ3v) is 6.82. The van der Waals surface area contributed by atoms with E-state index in [1.54, 1.807) is 29.6 Å². The molecule has 3 nitrogen and oxygen atoms in total. The molecule has 7 heteroatoms. The predicted octanol–water partition coefficient (Wildman–Crippen LogP) is 4.02. The van der Waals surface area contributed by atoms with Crippen molar-refractivity contribution in [3.05, 3.63) is 75.5 Å². The predicted molar refractivity (Wildman–Crippen MR) is 87.2 cm³/mol. The lowest BCUT2D eigenvalue weighted by atomic mass is 10.1. The molecule has 0 radical (unpaired) electrons. The molecular weight excluding hydrogens is 341 g/mol. The minimum atomic E-state index is -3.62. The number of benzene rings is 1. The van der Waals surface area contributed by atoms with Crippen LogP contribution in [-0.4, -0.2) is 8.42 Å². The Labute approximate surface area is 136 Å². The van der Waals surface area contributed by atoms with E-state index in [9.17, 15) is 12.8 Å². The molecule has 0 fully saturated rings. The standard InChI is InChI=1S/C15H12FNO2S3/c16-12-7-5-11(6-8-12)15(13-3-1-9-20-13)17-22(18,19)14-4-2-10-21-14/h1-10,15,17H. The van der Waals surface area contributed by atoms with Crippen LogP contribution in [-0.2, 0) is 10.0 Å². The summed E-state index contributed by atoms with van der Waals surface area (Å²) in [5, 5.41) is 3.60. The first kappa shape index (κ1) is 15.4. The maximum Gasteiger partial charge on any atom is 0.250 e. The fourth-order valence-electron chi connectivity index (χ4n) is 2.03. The van der Waals surface area contributed by atoms with Crippen LogP contribution in [0.15, 0.2) is 63.5 Å². The van der Waals surface area contributed by atoms with E-state index in [0.717, 1.165) is 16.2 Å². The largest absolute Gasteiger partial charge is 0.250 e. The van der Waals surface area contributed by atoms with E-state index in [1.807, 2.05) is 17.5 Å². The third-order valence-electron chi connectivity index (χ3n) is 3.06. The second-order valence-corrected chi connectivity index (χ2v) is 8.42. The molecule has 0 amide bonds. The molecule has 0 aliphatic heterocycles. The summed E-state index contributed by atoms with van der Waals surface area (Å²) >= 11 is 2.61. The molecule has 114 valence electrons. The number of sulfonamides is 1. The summed E-state index contributed by atoms with van der Waals surface area (Å²) in [5.41, 5.74) is 0.698. The first-order valence-electron chi connectivity index (χ1n) is 6.41. The van der Waals surface area contributed by atoms with Gasteiger partial charge in [0.15, 0.2) is 0 Å². The Kier molecular flexibility index (Phi) is 4.39. The highest BCUT2D eigenvalue weighted by Gasteiger charge is 2.24. The summed E-state index contributed by atoms with van der Waals surface area (Å²) in [4.78, 5) is 0.853. The number of halogens is 1. The minimum Gasteiger partial charge on any atom is -0.207 e. The van der Waals surface area contributed by atoms with Crippen molar-refractivity contribution in [1.29, 1.82) is 0 Å². The normalized spacial score (nSPS) is 13.1. The van der Waals surface area contributed by atoms with Crippen molar-refractivity contribution in [3.8, 4) is 0 Å². The van der Waals surface area contributed by atoms with Gasteiger partial charge in [0, 0.05) is 4.88 Å². The Morgan fingerprint density at radius 2 is 1.64 bits per heavy atom. The van der Waals surface area contributed by atoms with Gasteiger partial charge in [0.2, 0.25) is 0 Å². The summed E-state index contributed by atoms with van der Waals surface area (Å²) in [6.45, 7) is 0. The summed E-state index contributed by atoms with van der Waals surface area (Å²) in [5.74, 6) is -0.352. The third kappa shape index (κ3) is 3.27. The molecule has 2 aromatic heterocycles. The van der Waals surface area contributed by atoms with Gasteiger partial charge in [-0.15, -0.1) is 22.7 Å². The van der Waals surface area contributed by atoms with Crippen molar-refractivity contribution in [2.24, 2.45) is 0 Å². The van der Waals surface area contributed by atoms with Crippen LogP contribution in [0.5, 0.6) is 0 Å². The summed E-state index contributed by atoms with van der Waals surface area (Å²) in [6.07, 6.45) is 0. The van der Waals surface area contributed by atoms with Crippen molar-refractivity contribution in [3.63, 3.8) is 0 Å². The molecule has 0 bridgehead atoms. The molecule has 1 atom stereocenters. The maximum atomic E-state index is 13.1. The second-order valence-electron chi connectivity index (χ2n) is 4.55. The van der Waals surface area contributed by atoms with Gasteiger partial charge in [0.25, 0.3) is 10.0 Å². The van der Waals surface area contributed by atoms with Crippen molar-refractivity contribution in [2.45, 2.75) is 10.3 Å². The highest BCUT2D eigenvalue weighted by molar-refractivity contribution is 7.91. The van der Waals surface area contributed by atoms with Crippen LogP contribution >= 0.6 is 22.7 Å². The Hall–Kier alpha value is -1.54. The maximum absolute atomic E-state index is 13.1. The van der Waals surface area contributed by atoms with E-state index in [0.29, 0.717) is 5.56 Å². The quantitative estimate of drug-likeness (QED) is 0.753. The molecule has 2 heterocycles. The average Bonchev–Trinajstić information content (AvgIpc) is 3.19.